The van der Waals surface area contributed by atoms with E-state index >= 15 is 0 Å². The molecular weight excluding hydrogens is 412 g/mol. The first kappa shape index (κ1) is 20.2. The molecule has 1 amide bonds. The van der Waals surface area contributed by atoms with Crippen molar-refractivity contribution in [2.75, 3.05) is 26.2 Å². The number of imidazole rings is 2. The average molecular weight is 441 g/mol. The second-order valence-corrected chi connectivity index (χ2v) is 9.07. The van der Waals surface area contributed by atoms with Gasteiger partial charge in [-0.1, -0.05) is 36.4 Å². The van der Waals surface area contributed by atoms with Crippen LogP contribution in [0.1, 0.15) is 40.4 Å². The number of carbonyl (C=O) groups is 1. The van der Waals surface area contributed by atoms with Crippen LogP contribution in [-0.2, 0) is 18.4 Å². The van der Waals surface area contributed by atoms with Crippen LogP contribution in [0.25, 0.3) is 5.65 Å². The predicted octanol–water partition coefficient (Wildman–Crippen LogP) is 2.90. The van der Waals surface area contributed by atoms with Gasteiger partial charge < -0.3 is 19.2 Å². The van der Waals surface area contributed by atoms with Crippen molar-refractivity contribution in [2.45, 2.75) is 31.2 Å². The predicted molar refractivity (Wildman–Crippen MR) is 126 cm³/mol. The number of hydrogen-bond acceptors (Lipinski definition) is 4. The van der Waals surface area contributed by atoms with Crippen LogP contribution < -0.4 is 5.32 Å². The molecule has 5 heterocycles. The second kappa shape index (κ2) is 8.15. The summed E-state index contributed by atoms with van der Waals surface area (Å²) in [5.74, 6) is 1.05. The third-order valence-electron chi connectivity index (χ3n) is 7.22. The van der Waals surface area contributed by atoms with Gasteiger partial charge in [-0.3, -0.25) is 4.79 Å². The molecule has 168 valence electrons. The molecule has 0 spiro atoms. The summed E-state index contributed by atoms with van der Waals surface area (Å²) in [6.07, 6.45) is 8.67. The molecule has 0 aliphatic carbocycles. The molecular formula is C26H28N6O. The number of piperidine rings is 1. The van der Waals surface area contributed by atoms with Crippen molar-refractivity contribution in [1.29, 1.82) is 0 Å². The molecule has 6 rings (SSSR count). The maximum Gasteiger partial charge on any atom is 0.274 e. The smallest absolute Gasteiger partial charge is 0.274 e. The Labute approximate surface area is 193 Å². The van der Waals surface area contributed by atoms with Crippen molar-refractivity contribution in [3.05, 3.63) is 89.9 Å². The first-order valence-corrected chi connectivity index (χ1v) is 11.8. The number of rotatable bonds is 3. The maximum absolute atomic E-state index is 13.3. The van der Waals surface area contributed by atoms with Crippen LogP contribution in [0.5, 0.6) is 0 Å². The molecule has 1 saturated heterocycles. The average Bonchev–Trinajstić information content (AvgIpc) is 3.43. The van der Waals surface area contributed by atoms with E-state index in [1.165, 1.54) is 5.56 Å². The number of amides is 1. The SMILES string of the molecule is O=C(c1cn2c(n1)CCNCC2)N1CCC(c2ccccc2)(c2cn3ccccc3n2)CC1. The standard InChI is InChI=1S/C26H28N6O/c33-25(21-18-32-17-13-27-12-9-24(32)28-21)30-15-10-26(11-16-30,20-6-2-1-3-7-20)22-19-31-14-5-4-8-23(31)29-22/h1-8,14,18-19,27H,9-13,15-17H2. The highest BCUT2D eigenvalue weighted by molar-refractivity contribution is 5.92. The molecule has 0 atom stereocenters. The quantitative estimate of drug-likeness (QED) is 0.532. The minimum absolute atomic E-state index is 0.0418. The number of pyridine rings is 1. The van der Waals surface area contributed by atoms with Crippen LogP contribution in [0.4, 0.5) is 0 Å². The van der Waals surface area contributed by atoms with Crippen LogP contribution in [0.3, 0.4) is 0 Å². The number of likely N-dealkylation sites (tertiary alicyclic amines) is 1. The van der Waals surface area contributed by atoms with E-state index in [1.807, 2.05) is 35.5 Å². The summed E-state index contributed by atoms with van der Waals surface area (Å²) >= 11 is 0. The van der Waals surface area contributed by atoms with Gasteiger partial charge in [0.05, 0.1) is 5.69 Å². The minimum Gasteiger partial charge on any atom is -0.337 e. The Morgan fingerprint density at radius 2 is 1.73 bits per heavy atom. The number of hydrogen-bond donors (Lipinski definition) is 1. The zero-order valence-corrected chi connectivity index (χ0v) is 18.7. The molecule has 4 aromatic rings. The molecule has 2 aliphatic rings. The van der Waals surface area contributed by atoms with E-state index in [0.29, 0.717) is 18.8 Å². The highest BCUT2D eigenvalue weighted by Crippen LogP contribution is 2.41. The molecule has 1 aromatic carbocycles. The largest absolute Gasteiger partial charge is 0.337 e. The summed E-state index contributed by atoms with van der Waals surface area (Å²) in [6.45, 7) is 4.06. The third-order valence-corrected chi connectivity index (χ3v) is 7.22. The molecule has 1 fully saturated rings. The third kappa shape index (κ3) is 3.53. The van der Waals surface area contributed by atoms with Gasteiger partial charge in [-0.2, -0.15) is 0 Å². The van der Waals surface area contributed by atoms with Gasteiger partial charge in [0.2, 0.25) is 0 Å². The maximum atomic E-state index is 13.3. The number of nitrogens with one attached hydrogen (secondary N) is 1. The Morgan fingerprint density at radius 3 is 2.55 bits per heavy atom. The first-order chi connectivity index (χ1) is 16.2. The van der Waals surface area contributed by atoms with Crippen molar-refractivity contribution >= 4 is 11.6 Å². The van der Waals surface area contributed by atoms with E-state index in [1.54, 1.807) is 0 Å². The number of fused-ring (bicyclic) bond motifs is 2. The summed E-state index contributed by atoms with van der Waals surface area (Å²) in [7, 11) is 0. The Hall–Kier alpha value is -3.45. The normalized spacial score (nSPS) is 18.1. The Bertz CT molecular complexity index is 1230. The fourth-order valence-corrected chi connectivity index (χ4v) is 5.34. The lowest BCUT2D eigenvalue weighted by Gasteiger charge is -2.41. The topological polar surface area (TPSA) is 67.5 Å². The molecule has 33 heavy (non-hydrogen) atoms. The molecule has 1 N–H and O–H groups in total. The van der Waals surface area contributed by atoms with Crippen LogP contribution in [0.2, 0.25) is 0 Å². The molecule has 7 nitrogen and oxygen atoms in total. The molecule has 2 aliphatic heterocycles. The lowest BCUT2D eigenvalue weighted by Crippen LogP contribution is -2.46. The highest BCUT2D eigenvalue weighted by atomic mass is 16.2. The Morgan fingerprint density at radius 1 is 0.909 bits per heavy atom. The van der Waals surface area contributed by atoms with Crippen molar-refractivity contribution < 1.29 is 4.79 Å². The number of aromatic nitrogens is 4. The summed E-state index contributed by atoms with van der Waals surface area (Å²) in [4.78, 5) is 25.0. The zero-order valence-electron chi connectivity index (χ0n) is 18.7. The first-order valence-electron chi connectivity index (χ1n) is 11.8. The van der Waals surface area contributed by atoms with Crippen LogP contribution in [0.15, 0.2) is 67.1 Å². The van der Waals surface area contributed by atoms with E-state index in [2.05, 4.69) is 55.8 Å². The second-order valence-electron chi connectivity index (χ2n) is 9.07. The van der Waals surface area contributed by atoms with Gasteiger partial charge >= 0.3 is 0 Å². The fraction of sp³-hybridized carbons (Fsp3) is 0.346. The fourth-order valence-electron chi connectivity index (χ4n) is 5.34. The van der Waals surface area contributed by atoms with Gasteiger partial charge in [0.25, 0.3) is 5.91 Å². The molecule has 0 bridgehead atoms. The van der Waals surface area contributed by atoms with E-state index in [0.717, 1.165) is 56.1 Å². The summed E-state index contributed by atoms with van der Waals surface area (Å²) in [5.41, 5.74) is 3.67. The summed E-state index contributed by atoms with van der Waals surface area (Å²) in [6, 6.07) is 16.7. The number of nitrogens with zero attached hydrogens (tertiary/aromatic N) is 5. The van der Waals surface area contributed by atoms with Gasteiger partial charge in [-0.15, -0.1) is 0 Å². The van der Waals surface area contributed by atoms with E-state index in [-0.39, 0.29) is 11.3 Å². The Balaban J connectivity index is 1.29. The monoisotopic (exact) mass is 440 g/mol. The lowest BCUT2D eigenvalue weighted by molar-refractivity contribution is 0.0678. The molecule has 0 radical (unpaired) electrons. The zero-order chi connectivity index (χ0) is 22.3. The van der Waals surface area contributed by atoms with E-state index in [9.17, 15) is 4.79 Å². The van der Waals surface area contributed by atoms with Crippen LogP contribution >= 0.6 is 0 Å². The summed E-state index contributed by atoms with van der Waals surface area (Å²) < 4.78 is 4.21. The van der Waals surface area contributed by atoms with Gasteiger partial charge in [0.1, 0.15) is 17.2 Å². The van der Waals surface area contributed by atoms with Crippen molar-refractivity contribution in [3.8, 4) is 0 Å². The summed E-state index contributed by atoms with van der Waals surface area (Å²) in [5, 5.41) is 3.38. The van der Waals surface area contributed by atoms with Crippen LogP contribution in [-0.4, -0.2) is 55.9 Å². The van der Waals surface area contributed by atoms with Gasteiger partial charge in [-0.25, -0.2) is 9.97 Å². The number of carbonyl (C=O) groups excluding carboxylic acids is 1. The number of benzene rings is 1. The van der Waals surface area contributed by atoms with Crippen LogP contribution in [0, 0.1) is 0 Å². The molecule has 0 unspecified atom stereocenters. The van der Waals surface area contributed by atoms with Crippen molar-refractivity contribution in [3.63, 3.8) is 0 Å². The highest BCUT2D eigenvalue weighted by Gasteiger charge is 2.41. The van der Waals surface area contributed by atoms with Crippen molar-refractivity contribution in [1.82, 2.24) is 29.2 Å². The molecule has 3 aromatic heterocycles. The van der Waals surface area contributed by atoms with Crippen molar-refractivity contribution in [2.24, 2.45) is 0 Å². The van der Waals surface area contributed by atoms with Gasteiger partial charge in [0, 0.05) is 63.2 Å². The van der Waals surface area contributed by atoms with E-state index < -0.39 is 0 Å². The molecule has 7 heteroatoms. The van der Waals surface area contributed by atoms with E-state index in [4.69, 9.17) is 4.98 Å². The molecule has 0 saturated carbocycles. The van der Waals surface area contributed by atoms with Gasteiger partial charge in [0.15, 0.2) is 0 Å². The minimum atomic E-state index is -0.207. The Kier molecular flexibility index (Phi) is 4.99. The van der Waals surface area contributed by atoms with Gasteiger partial charge in [-0.05, 0) is 30.5 Å². The lowest BCUT2D eigenvalue weighted by atomic mass is 9.70.